The number of carboxylic acids is 1. The number of hydrogen-bond donors (Lipinski definition) is 2. The van der Waals surface area contributed by atoms with Crippen LogP contribution in [0.4, 0.5) is 4.79 Å². The van der Waals surface area contributed by atoms with Gasteiger partial charge in [-0.1, -0.05) is 91.0 Å². The van der Waals surface area contributed by atoms with Gasteiger partial charge in [0.15, 0.2) is 0 Å². The van der Waals surface area contributed by atoms with E-state index in [9.17, 15) is 19.5 Å². The first kappa shape index (κ1) is 28.9. The van der Waals surface area contributed by atoms with Gasteiger partial charge in [-0.05, 0) is 56.7 Å². The molecule has 1 unspecified atom stereocenters. The molecule has 1 saturated heterocycles. The highest BCUT2D eigenvalue weighted by molar-refractivity contribution is 5.88. The lowest BCUT2D eigenvalue weighted by molar-refractivity contribution is -0.144. The minimum absolute atomic E-state index is 0.215. The summed E-state index contributed by atoms with van der Waals surface area (Å²) in [6, 6.07) is 26.8. The molecular weight excluding hydrogens is 504 g/mol. The van der Waals surface area contributed by atoms with Crippen molar-refractivity contribution in [2.45, 2.75) is 69.6 Å². The van der Waals surface area contributed by atoms with Crippen LogP contribution in [-0.2, 0) is 26.2 Å². The molecule has 1 heterocycles. The van der Waals surface area contributed by atoms with Crippen LogP contribution in [0.1, 0.15) is 56.7 Å². The molecule has 4 rings (SSSR count). The summed E-state index contributed by atoms with van der Waals surface area (Å²) in [4.78, 5) is 41.8. The summed E-state index contributed by atoms with van der Waals surface area (Å²) in [5, 5.41) is 13.6. The molecule has 3 aromatic rings. The van der Waals surface area contributed by atoms with E-state index in [0.717, 1.165) is 12.0 Å². The first-order valence-electron chi connectivity index (χ1n) is 13.8. The molecular formula is C33H38N2O5. The number of ether oxygens (including phenoxy) is 1. The van der Waals surface area contributed by atoms with Gasteiger partial charge in [-0.3, -0.25) is 9.59 Å². The van der Waals surface area contributed by atoms with Crippen molar-refractivity contribution in [3.05, 3.63) is 108 Å². The van der Waals surface area contributed by atoms with E-state index in [4.69, 9.17) is 4.74 Å². The Balaban J connectivity index is 1.67. The van der Waals surface area contributed by atoms with E-state index < -0.39 is 29.1 Å². The Hall–Kier alpha value is -4.13. The highest BCUT2D eigenvalue weighted by Gasteiger charge is 2.47. The van der Waals surface area contributed by atoms with Crippen LogP contribution in [0.3, 0.4) is 0 Å². The molecule has 0 radical (unpaired) electrons. The molecule has 0 spiro atoms. The lowest BCUT2D eigenvalue weighted by atomic mass is 9.70. The van der Waals surface area contributed by atoms with Crippen molar-refractivity contribution in [3.8, 4) is 0 Å². The molecule has 0 aromatic heterocycles. The molecule has 2 atom stereocenters. The van der Waals surface area contributed by atoms with Crippen LogP contribution in [0.25, 0.3) is 0 Å². The Morgan fingerprint density at radius 3 is 1.93 bits per heavy atom. The summed E-state index contributed by atoms with van der Waals surface area (Å²) in [5.41, 5.74) is 0.180. The Morgan fingerprint density at radius 1 is 0.900 bits per heavy atom. The Morgan fingerprint density at radius 2 is 1.43 bits per heavy atom. The SMILES string of the molecule is CC(C)(C)OC(=O)N[C@@H](Cc1ccccc1)C(=O)N1CCCC1CC(C(=O)O)(c1ccccc1)c1ccccc1. The zero-order valence-electron chi connectivity index (χ0n) is 23.4. The predicted octanol–water partition coefficient (Wildman–Crippen LogP) is 5.57. The van der Waals surface area contributed by atoms with E-state index in [0.29, 0.717) is 30.5 Å². The smallest absolute Gasteiger partial charge is 0.408 e. The molecule has 0 saturated carbocycles. The number of likely N-dealkylation sites (tertiary alicyclic amines) is 1. The van der Waals surface area contributed by atoms with Crippen molar-refractivity contribution < 1.29 is 24.2 Å². The largest absolute Gasteiger partial charge is 0.480 e. The number of carbonyl (C=O) groups is 3. The molecule has 0 bridgehead atoms. The van der Waals surface area contributed by atoms with Crippen LogP contribution in [0.15, 0.2) is 91.0 Å². The quantitative estimate of drug-likeness (QED) is 0.368. The minimum Gasteiger partial charge on any atom is -0.480 e. The van der Waals surface area contributed by atoms with Gasteiger partial charge in [0, 0.05) is 19.0 Å². The van der Waals surface area contributed by atoms with E-state index >= 15 is 0 Å². The number of nitrogens with zero attached hydrogens (tertiary/aromatic N) is 1. The molecule has 0 aliphatic carbocycles. The minimum atomic E-state index is -1.34. The first-order chi connectivity index (χ1) is 19.1. The van der Waals surface area contributed by atoms with Crippen molar-refractivity contribution >= 4 is 18.0 Å². The number of aliphatic carboxylic acids is 1. The number of benzene rings is 3. The van der Waals surface area contributed by atoms with E-state index in [1.807, 2.05) is 91.0 Å². The lowest BCUT2D eigenvalue weighted by Gasteiger charge is -2.37. The zero-order valence-corrected chi connectivity index (χ0v) is 23.4. The van der Waals surface area contributed by atoms with Gasteiger partial charge < -0.3 is 20.1 Å². The third kappa shape index (κ3) is 6.71. The van der Waals surface area contributed by atoms with Gasteiger partial charge in [0.25, 0.3) is 0 Å². The van der Waals surface area contributed by atoms with Gasteiger partial charge in [0.2, 0.25) is 5.91 Å². The Bertz CT molecular complexity index is 1250. The number of carbonyl (C=O) groups excluding carboxylic acids is 2. The molecule has 1 aliphatic rings. The number of rotatable bonds is 9. The van der Waals surface area contributed by atoms with Crippen molar-refractivity contribution in [3.63, 3.8) is 0 Å². The monoisotopic (exact) mass is 542 g/mol. The molecule has 2 amide bonds. The molecule has 1 aliphatic heterocycles. The van der Waals surface area contributed by atoms with E-state index in [1.165, 1.54) is 0 Å². The fourth-order valence-corrected chi connectivity index (χ4v) is 5.57. The number of hydrogen-bond acceptors (Lipinski definition) is 4. The van der Waals surface area contributed by atoms with Crippen LogP contribution < -0.4 is 5.32 Å². The number of alkyl carbamates (subject to hydrolysis) is 1. The standard InChI is InChI=1S/C33H38N2O5/c1-32(2,3)40-31(39)34-28(22-24-14-7-4-8-15-24)29(36)35-21-13-20-27(35)23-33(30(37)38,25-16-9-5-10-17-25)26-18-11-6-12-19-26/h4-12,14-19,27-28H,13,20-23H2,1-3H3,(H,34,39)(H,37,38)/t27?,28-/m0/s1. The van der Waals surface area contributed by atoms with Gasteiger partial charge in [-0.2, -0.15) is 0 Å². The Labute approximate surface area is 236 Å². The van der Waals surface area contributed by atoms with Crippen LogP contribution in [0, 0.1) is 0 Å². The van der Waals surface area contributed by atoms with Crippen molar-refractivity contribution in [1.82, 2.24) is 10.2 Å². The highest BCUT2D eigenvalue weighted by atomic mass is 16.6. The van der Waals surface area contributed by atoms with E-state index in [2.05, 4.69) is 5.32 Å². The normalized spacial score (nSPS) is 16.3. The fourth-order valence-electron chi connectivity index (χ4n) is 5.57. The summed E-state index contributed by atoms with van der Waals surface area (Å²) in [6.45, 7) is 5.81. The van der Waals surface area contributed by atoms with Gasteiger partial charge >= 0.3 is 12.1 Å². The van der Waals surface area contributed by atoms with Crippen molar-refractivity contribution in [2.75, 3.05) is 6.54 Å². The van der Waals surface area contributed by atoms with Crippen LogP contribution in [0.5, 0.6) is 0 Å². The molecule has 2 N–H and O–H groups in total. The van der Waals surface area contributed by atoms with E-state index in [1.54, 1.807) is 25.7 Å². The predicted molar refractivity (Wildman–Crippen MR) is 154 cm³/mol. The molecule has 3 aromatic carbocycles. The summed E-state index contributed by atoms with van der Waals surface area (Å²) < 4.78 is 5.47. The van der Waals surface area contributed by atoms with Gasteiger partial charge in [0.1, 0.15) is 17.1 Å². The van der Waals surface area contributed by atoms with Crippen molar-refractivity contribution in [1.29, 1.82) is 0 Å². The second kappa shape index (κ2) is 12.4. The average molecular weight is 543 g/mol. The van der Waals surface area contributed by atoms with Gasteiger partial charge in [-0.25, -0.2) is 4.79 Å². The second-order valence-corrected chi connectivity index (χ2v) is 11.4. The summed E-state index contributed by atoms with van der Waals surface area (Å²) >= 11 is 0. The average Bonchev–Trinajstić information content (AvgIpc) is 3.39. The third-order valence-electron chi connectivity index (χ3n) is 7.37. The Kier molecular flexibility index (Phi) is 8.93. The molecule has 210 valence electrons. The molecule has 1 fully saturated rings. The highest BCUT2D eigenvalue weighted by Crippen LogP contribution is 2.40. The van der Waals surface area contributed by atoms with E-state index in [-0.39, 0.29) is 18.4 Å². The maximum Gasteiger partial charge on any atom is 0.408 e. The molecule has 40 heavy (non-hydrogen) atoms. The topological polar surface area (TPSA) is 95.9 Å². The lowest BCUT2D eigenvalue weighted by Crippen LogP contribution is -2.53. The first-order valence-corrected chi connectivity index (χ1v) is 13.8. The zero-order chi connectivity index (χ0) is 28.8. The summed E-state index contributed by atoms with van der Waals surface area (Å²) in [7, 11) is 0. The van der Waals surface area contributed by atoms with Gasteiger partial charge in [0.05, 0.1) is 0 Å². The second-order valence-electron chi connectivity index (χ2n) is 11.4. The van der Waals surface area contributed by atoms with Crippen LogP contribution in [-0.4, -0.2) is 52.2 Å². The fraction of sp³-hybridized carbons (Fsp3) is 0.364. The maximum absolute atomic E-state index is 14.1. The number of nitrogens with one attached hydrogen (secondary N) is 1. The number of carboxylic acid groups (broad SMARTS) is 1. The third-order valence-corrected chi connectivity index (χ3v) is 7.37. The maximum atomic E-state index is 14.1. The summed E-state index contributed by atoms with van der Waals surface area (Å²) in [6.07, 6.45) is 1.27. The van der Waals surface area contributed by atoms with Crippen LogP contribution in [0.2, 0.25) is 0 Å². The molecule has 7 nitrogen and oxygen atoms in total. The molecule has 7 heteroatoms. The van der Waals surface area contributed by atoms with Crippen LogP contribution >= 0.6 is 0 Å². The van der Waals surface area contributed by atoms with Crippen molar-refractivity contribution in [2.24, 2.45) is 0 Å². The number of amides is 2. The summed E-state index contributed by atoms with van der Waals surface area (Å²) in [5.74, 6) is -1.20. The van der Waals surface area contributed by atoms with Gasteiger partial charge in [-0.15, -0.1) is 0 Å².